The van der Waals surface area contributed by atoms with Crippen LogP contribution in [-0.4, -0.2) is 50.0 Å². The third-order valence-corrected chi connectivity index (χ3v) is 12.5. The van der Waals surface area contributed by atoms with Gasteiger partial charge in [0.2, 0.25) is 21.8 Å². The molecule has 0 aliphatic heterocycles. The summed E-state index contributed by atoms with van der Waals surface area (Å²) in [6.45, 7) is 1.56. The fraction of sp³-hybridized carbons (Fsp3) is 0.600. The number of benzene rings is 2. The number of carbonyl (C=O) groups is 2. The molecule has 7 nitrogen and oxygen atoms in total. The first-order valence-electron chi connectivity index (χ1n) is 16.4. The molecule has 1 atom stereocenters. The SMILES string of the molecule is C[C@@H](C(=O)NC1CCCCC1)N(Cc1cccc(Br)c1)C(=O)CN(c1ccc(C23CC4CC(CC(C4)C2)C3)cc1)S(C)(=O)=O. The molecule has 9 heteroatoms. The average molecular weight is 685 g/mol. The van der Waals surface area contributed by atoms with E-state index < -0.39 is 22.0 Å². The normalized spacial score (nSPS) is 27.1. The number of nitrogens with one attached hydrogen (secondary N) is 1. The molecule has 1 N–H and O–H groups in total. The van der Waals surface area contributed by atoms with Gasteiger partial charge in [-0.15, -0.1) is 0 Å². The van der Waals surface area contributed by atoms with E-state index >= 15 is 0 Å². The fourth-order valence-electron chi connectivity index (χ4n) is 9.04. The molecular formula is C35H46BrN3O4S. The minimum Gasteiger partial charge on any atom is -0.352 e. The molecule has 0 saturated heterocycles. The number of nitrogens with zero attached hydrogens (tertiary/aromatic N) is 2. The van der Waals surface area contributed by atoms with E-state index in [1.807, 2.05) is 36.4 Å². The molecule has 5 aliphatic carbocycles. The van der Waals surface area contributed by atoms with E-state index in [9.17, 15) is 18.0 Å². The van der Waals surface area contributed by atoms with Crippen molar-refractivity contribution in [3.63, 3.8) is 0 Å². The summed E-state index contributed by atoms with van der Waals surface area (Å²) in [5.74, 6) is 1.84. The lowest BCUT2D eigenvalue weighted by atomic mass is 9.48. The second-order valence-electron chi connectivity index (χ2n) is 14.2. The van der Waals surface area contributed by atoms with Crippen molar-refractivity contribution in [2.45, 2.75) is 102 Å². The van der Waals surface area contributed by atoms with Crippen molar-refractivity contribution in [1.82, 2.24) is 10.2 Å². The maximum absolute atomic E-state index is 14.0. The van der Waals surface area contributed by atoms with E-state index in [2.05, 4.69) is 33.4 Å². The lowest BCUT2D eigenvalue weighted by Gasteiger charge is -2.57. The first kappa shape index (κ1) is 31.6. The Morgan fingerprint density at radius 3 is 2.14 bits per heavy atom. The van der Waals surface area contributed by atoms with Crippen LogP contribution in [0.5, 0.6) is 0 Å². The summed E-state index contributed by atoms with van der Waals surface area (Å²) in [7, 11) is -3.77. The van der Waals surface area contributed by atoms with Gasteiger partial charge >= 0.3 is 0 Å². The number of carbonyl (C=O) groups excluding carboxylic acids is 2. The molecular weight excluding hydrogens is 638 g/mol. The predicted molar refractivity (Wildman–Crippen MR) is 178 cm³/mol. The zero-order chi connectivity index (χ0) is 31.1. The molecule has 0 radical (unpaired) electrons. The Balaban J connectivity index is 1.22. The monoisotopic (exact) mass is 683 g/mol. The highest BCUT2D eigenvalue weighted by Crippen LogP contribution is 2.60. The summed E-state index contributed by atoms with van der Waals surface area (Å²) in [6, 6.07) is 14.9. The molecule has 2 amide bonds. The van der Waals surface area contributed by atoms with E-state index in [1.165, 1.54) is 59.7 Å². The Morgan fingerprint density at radius 2 is 1.57 bits per heavy atom. The molecule has 5 saturated carbocycles. The van der Waals surface area contributed by atoms with Gasteiger partial charge in [-0.1, -0.05) is 59.5 Å². The minimum absolute atomic E-state index is 0.113. The van der Waals surface area contributed by atoms with Gasteiger partial charge < -0.3 is 10.2 Å². The topological polar surface area (TPSA) is 86.8 Å². The first-order valence-corrected chi connectivity index (χ1v) is 19.1. The number of halogens is 1. The predicted octanol–water partition coefficient (Wildman–Crippen LogP) is 6.55. The quantitative estimate of drug-likeness (QED) is 0.308. The number of sulfonamides is 1. The van der Waals surface area contributed by atoms with Crippen molar-refractivity contribution in [3.8, 4) is 0 Å². The van der Waals surface area contributed by atoms with Crippen LogP contribution in [0.4, 0.5) is 5.69 Å². The zero-order valence-corrected chi connectivity index (χ0v) is 28.4. The highest BCUT2D eigenvalue weighted by Gasteiger charge is 2.51. The molecule has 5 fully saturated rings. The van der Waals surface area contributed by atoms with E-state index in [0.717, 1.165) is 59.7 Å². The molecule has 2 aromatic rings. The summed E-state index contributed by atoms with van der Waals surface area (Å²) in [4.78, 5) is 29.0. The Hall–Kier alpha value is -2.39. The molecule has 5 aliphatic rings. The molecule has 0 unspecified atom stereocenters. The number of rotatable bonds is 10. The van der Waals surface area contributed by atoms with Crippen molar-refractivity contribution in [1.29, 1.82) is 0 Å². The summed E-state index contributed by atoms with van der Waals surface area (Å²) in [5.41, 5.74) is 2.86. The van der Waals surface area contributed by atoms with E-state index in [0.29, 0.717) is 5.69 Å². The molecule has 0 spiro atoms. The Kier molecular flexibility index (Phi) is 9.17. The Morgan fingerprint density at radius 1 is 0.955 bits per heavy atom. The van der Waals surface area contributed by atoms with Crippen LogP contribution < -0.4 is 9.62 Å². The lowest BCUT2D eigenvalue weighted by Crippen LogP contribution is -2.53. The average Bonchev–Trinajstić information content (AvgIpc) is 2.97. The van der Waals surface area contributed by atoms with Crippen molar-refractivity contribution in [3.05, 3.63) is 64.1 Å². The number of anilines is 1. The van der Waals surface area contributed by atoms with Crippen LogP contribution in [0.15, 0.2) is 53.0 Å². The van der Waals surface area contributed by atoms with Crippen LogP contribution >= 0.6 is 15.9 Å². The molecule has 4 bridgehead atoms. The van der Waals surface area contributed by atoms with Crippen LogP contribution in [0.3, 0.4) is 0 Å². The van der Waals surface area contributed by atoms with E-state index in [1.54, 1.807) is 6.92 Å². The van der Waals surface area contributed by atoms with Crippen LogP contribution in [0.2, 0.25) is 0 Å². The molecule has 7 rings (SSSR count). The van der Waals surface area contributed by atoms with Crippen molar-refractivity contribution in [2.24, 2.45) is 17.8 Å². The van der Waals surface area contributed by atoms with Crippen LogP contribution in [0.1, 0.15) is 88.7 Å². The third kappa shape index (κ3) is 6.88. The van der Waals surface area contributed by atoms with Crippen molar-refractivity contribution in [2.75, 3.05) is 17.1 Å². The summed E-state index contributed by atoms with van der Waals surface area (Å²) < 4.78 is 28.3. The second-order valence-corrected chi connectivity index (χ2v) is 17.0. The third-order valence-electron chi connectivity index (χ3n) is 10.8. The summed E-state index contributed by atoms with van der Waals surface area (Å²) in [6.07, 6.45) is 14.2. The minimum atomic E-state index is -3.77. The van der Waals surface area contributed by atoms with E-state index in [4.69, 9.17) is 0 Å². The van der Waals surface area contributed by atoms with Crippen LogP contribution in [0, 0.1) is 17.8 Å². The highest BCUT2D eigenvalue weighted by molar-refractivity contribution is 9.10. The van der Waals surface area contributed by atoms with Crippen molar-refractivity contribution < 1.29 is 18.0 Å². The molecule has 238 valence electrons. The van der Waals surface area contributed by atoms with Gasteiger partial charge in [-0.25, -0.2) is 8.42 Å². The van der Waals surface area contributed by atoms with Crippen molar-refractivity contribution >= 4 is 43.5 Å². The summed E-state index contributed by atoms with van der Waals surface area (Å²) in [5, 5.41) is 3.15. The van der Waals surface area contributed by atoms with Gasteiger partial charge in [-0.05, 0) is 117 Å². The van der Waals surface area contributed by atoms with Gasteiger partial charge in [0.05, 0.1) is 11.9 Å². The van der Waals surface area contributed by atoms with Gasteiger partial charge in [0.25, 0.3) is 0 Å². The maximum Gasteiger partial charge on any atom is 0.244 e. The fourth-order valence-corrected chi connectivity index (χ4v) is 10.3. The van der Waals surface area contributed by atoms with Crippen LogP contribution in [0.25, 0.3) is 0 Å². The van der Waals surface area contributed by atoms with Gasteiger partial charge in [-0.2, -0.15) is 0 Å². The van der Waals surface area contributed by atoms with Crippen LogP contribution in [-0.2, 0) is 31.6 Å². The van der Waals surface area contributed by atoms with Gasteiger partial charge in [0.1, 0.15) is 12.6 Å². The lowest BCUT2D eigenvalue weighted by molar-refractivity contribution is -0.139. The zero-order valence-electron chi connectivity index (χ0n) is 26.0. The maximum atomic E-state index is 14.0. The number of hydrogen-bond donors (Lipinski definition) is 1. The van der Waals surface area contributed by atoms with Gasteiger partial charge in [-0.3, -0.25) is 13.9 Å². The first-order chi connectivity index (χ1) is 21.0. The number of hydrogen-bond acceptors (Lipinski definition) is 4. The second kappa shape index (κ2) is 12.8. The molecule has 0 aromatic heterocycles. The van der Waals surface area contributed by atoms with Gasteiger partial charge in [0, 0.05) is 17.1 Å². The Bertz CT molecular complexity index is 1440. The van der Waals surface area contributed by atoms with E-state index in [-0.39, 0.29) is 30.5 Å². The molecule has 2 aromatic carbocycles. The Labute approximate surface area is 271 Å². The standard InChI is InChI=1S/C35H46BrN3O4S/c1-24(34(41)37-31-9-4-3-5-10-31)38(22-25-7-6-8-30(36)18-25)33(40)23-39(44(2,42)43)32-13-11-29(12-14-32)35-19-26-15-27(20-35)17-28(16-26)21-35/h6-8,11-14,18,24,26-28,31H,3-5,9-10,15-17,19-23H2,1-2H3,(H,37,41)/t24-,26?,27?,28?,35?/m0/s1. The number of amides is 2. The molecule has 44 heavy (non-hydrogen) atoms. The molecule has 0 heterocycles. The smallest absolute Gasteiger partial charge is 0.244 e. The summed E-state index contributed by atoms with van der Waals surface area (Å²) >= 11 is 3.50. The van der Waals surface area contributed by atoms with Gasteiger partial charge in [0.15, 0.2) is 0 Å². The highest BCUT2D eigenvalue weighted by atomic mass is 79.9. The largest absolute Gasteiger partial charge is 0.352 e.